The first-order chi connectivity index (χ1) is 13.0. The first kappa shape index (κ1) is 19.8. The van der Waals surface area contributed by atoms with E-state index in [2.05, 4.69) is 9.89 Å². The van der Waals surface area contributed by atoms with Gasteiger partial charge in [-0.3, -0.25) is 4.79 Å². The van der Waals surface area contributed by atoms with E-state index in [1.165, 1.54) is 11.8 Å². The van der Waals surface area contributed by atoms with E-state index in [-0.39, 0.29) is 18.1 Å². The monoisotopic (exact) mass is 390 g/mol. The molecule has 1 saturated heterocycles. The minimum atomic E-state index is -0.210. The van der Waals surface area contributed by atoms with Crippen LogP contribution in [0.1, 0.15) is 33.3 Å². The maximum atomic E-state index is 12.4. The number of nitrogens with zero attached hydrogens (tertiary/aromatic N) is 2. The number of ether oxygens (including phenoxy) is 3. The maximum absolute atomic E-state index is 12.4. The molecule has 146 valence electrons. The van der Waals surface area contributed by atoms with E-state index in [0.29, 0.717) is 23.9 Å². The molecular formula is C20H26N2O4S. The maximum Gasteiger partial charge on any atom is 0.286 e. The molecule has 2 heterocycles. The van der Waals surface area contributed by atoms with E-state index in [1.54, 1.807) is 0 Å². The quantitative estimate of drug-likeness (QED) is 0.717. The summed E-state index contributed by atoms with van der Waals surface area (Å²) in [7, 11) is 0. The molecule has 1 aromatic rings. The Labute approximate surface area is 164 Å². The van der Waals surface area contributed by atoms with Gasteiger partial charge in [0.2, 0.25) is 0 Å². The van der Waals surface area contributed by atoms with Crippen LogP contribution in [0.5, 0.6) is 11.5 Å². The summed E-state index contributed by atoms with van der Waals surface area (Å²) in [6, 6.07) is 5.65. The molecule has 0 spiro atoms. The van der Waals surface area contributed by atoms with Crippen molar-refractivity contribution >= 4 is 28.9 Å². The van der Waals surface area contributed by atoms with Gasteiger partial charge in [0, 0.05) is 24.7 Å². The average Bonchev–Trinajstić information content (AvgIpc) is 2.98. The van der Waals surface area contributed by atoms with Crippen LogP contribution >= 0.6 is 11.8 Å². The van der Waals surface area contributed by atoms with Crippen molar-refractivity contribution in [2.75, 3.05) is 26.3 Å². The van der Waals surface area contributed by atoms with Crippen molar-refractivity contribution in [2.24, 2.45) is 4.99 Å². The zero-order valence-electron chi connectivity index (χ0n) is 16.2. The predicted octanol–water partition coefficient (Wildman–Crippen LogP) is 3.56. The zero-order valence-corrected chi connectivity index (χ0v) is 17.0. The van der Waals surface area contributed by atoms with Gasteiger partial charge in [-0.25, -0.2) is 0 Å². The van der Waals surface area contributed by atoms with Gasteiger partial charge in [-0.2, -0.15) is 4.99 Å². The number of hydrogen-bond donors (Lipinski definition) is 0. The van der Waals surface area contributed by atoms with Gasteiger partial charge in [-0.15, -0.1) is 0 Å². The second-order valence-electron chi connectivity index (χ2n) is 6.54. The number of benzene rings is 1. The predicted molar refractivity (Wildman–Crippen MR) is 108 cm³/mol. The fourth-order valence-electron chi connectivity index (χ4n) is 3.18. The molecule has 1 amide bonds. The van der Waals surface area contributed by atoms with Gasteiger partial charge in [0.15, 0.2) is 5.17 Å². The molecule has 6 nitrogen and oxygen atoms in total. The third-order valence-electron chi connectivity index (χ3n) is 4.18. The molecule has 1 fully saturated rings. The Morgan fingerprint density at radius 1 is 1.22 bits per heavy atom. The topological polar surface area (TPSA) is 60.4 Å². The van der Waals surface area contributed by atoms with E-state index < -0.39 is 0 Å². The standard InChI is InChI=1S/C20H26N2O4S/c1-5-24-16-8-7-15(17(10-16)25-6-2)9-18-19(23)21-20(27-18)22-11-13(3)26-14(4)12-22/h7-10,13-14H,5-6,11-12H2,1-4H3/b18-9-/t13-,14-/m1/s1. The molecule has 0 bridgehead atoms. The smallest absolute Gasteiger partial charge is 0.286 e. The average molecular weight is 391 g/mol. The van der Waals surface area contributed by atoms with E-state index in [1.807, 2.05) is 52.0 Å². The highest BCUT2D eigenvalue weighted by molar-refractivity contribution is 8.18. The summed E-state index contributed by atoms with van der Waals surface area (Å²) in [5, 5.41) is 0.747. The van der Waals surface area contributed by atoms with Gasteiger partial charge < -0.3 is 19.1 Å². The molecule has 2 aliphatic rings. The van der Waals surface area contributed by atoms with Gasteiger partial charge >= 0.3 is 0 Å². The zero-order chi connectivity index (χ0) is 19.4. The van der Waals surface area contributed by atoms with E-state index >= 15 is 0 Å². The Kier molecular flexibility index (Phi) is 6.44. The number of hydrogen-bond acceptors (Lipinski definition) is 6. The van der Waals surface area contributed by atoms with Crippen LogP contribution in [0.25, 0.3) is 6.08 Å². The normalized spacial score (nSPS) is 24.3. The molecule has 0 N–H and O–H groups in total. The van der Waals surface area contributed by atoms with Crippen molar-refractivity contribution in [2.45, 2.75) is 39.9 Å². The molecule has 0 unspecified atom stereocenters. The Balaban J connectivity index is 1.79. The van der Waals surface area contributed by atoms with Crippen molar-refractivity contribution in [3.63, 3.8) is 0 Å². The highest BCUT2D eigenvalue weighted by Crippen LogP contribution is 2.34. The lowest BCUT2D eigenvalue weighted by atomic mass is 10.1. The molecule has 2 atom stereocenters. The van der Waals surface area contributed by atoms with Crippen molar-refractivity contribution in [1.82, 2.24) is 4.90 Å². The van der Waals surface area contributed by atoms with Crippen molar-refractivity contribution in [3.8, 4) is 11.5 Å². The number of morpholine rings is 1. The minimum absolute atomic E-state index is 0.121. The molecule has 0 radical (unpaired) electrons. The summed E-state index contributed by atoms with van der Waals surface area (Å²) >= 11 is 1.41. The van der Waals surface area contributed by atoms with Crippen LogP contribution in [0.4, 0.5) is 0 Å². The Bertz CT molecular complexity index is 752. The number of rotatable bonds is 5. The van der Waals surface area contributed by atoms with Gasteiger partial charge in [0.05, 0.1) is 30.3 Å². The summed E-state index contributed by atoms with van der Waals surface area (Å²) in [5.74, 6) is 1.24. The Morgan fingerprint density at radius 3 is 2.59 bits per heavy atom. The van der Waals surface area contributed by atoms with Gasteiger partial charge in [-0.1, -0.05) is 0 Å². The molecule has 0 aromatic heterocycles. The van der Waals surface area contributed by atoms with Crippen molar-refractivity contribution in [1.29, 1.82) is 0 Å². The van der Waals surface area contributed by atoms with E-state index in [0.717, 1.165) is 29.6 Å². The first-order valence-corrected chi connectivity index (χ1v) is 10.1. The fraction of sp³-hybridized carbons (Fsp3) is 0.500. The number of thioether (sulfide) groups is 1. The lowest BCUT2D eigenvalue weighted by Gasteiger charge is -2.35. The van der Waals surface area contributed by atoms with Gasteiger partial charge in [0.25, 0.3) is 5.91 Å². The van der Waals surface area contributed by atoms with E-state index in [9.17, 15) is 4.79 Å². The largest absolute Gasteiger partial charge is 0.494 e. The van der Waals surface area contributed by atoms with Gasteiger partial charge in [-0.05, 0) is 57.7 Å². The first-order valence-electron chi connectivity index (χ1n) is 9.32. The van der Waals surface area contributed by atoms with Gasteiger partial charge in [0.1, 0.15) is 11.5 Å². The molecule has 0 saturated carbocycles. The van der Waals surface area contributed by atoms with Crippen LogP contribution in [0, 0.1) is 0 Å². The number of aliphatic imine (C=N–C) groups is 1. The van der Waals surface area contributed by atoms with Crippen LogP contribution in [0.15, 0.2) is 28.1 Å². The number of amides is 1. The SMILES string of the molecule is CCOc1ccc(/C=C2\SC(N3C[C@@H](C)O[C@H](C)C3)=NC2=O)c(OCC)c1. The Morgan fingerprint density at radius 2 is 1.93 bits per heavy atom. The molecule has 3 rings (SSSR count). The van der Waals surface area contributed by atoms with E-state index in [4.69, 9.17) is 14.2 Å². The summed E-state index contributed by atoms with van der Waals surface area (Å²) in [4.78, 5) is 19.4. The summed E-state index contributed by atoms with van der Waals surface area (Å²) < 4.78 is 17.0. The lowest BCUT2D eigenvalue weighted by Crippen LogP contribution is -2.47. The van der Waals surface area contributed by atoms with Crippen LogP contribution in [0.3, 0.4) is 0 Å². The molecule has 7 heteroatoms. The number of carbonyl (C=O) groups excluding carboxylic acids is 1. The highest BCUT2D eigenvalue weighted by Gasteiger charge is 2.31. The summed E-state index contributed by atoms with van der Waals surface area (Å²) in [6.45, 7) is 10.6. The molecular weight excluding hydrogens is 364 g/mol. The fourth-order valence-corrected chi connectivity index (χ4v) is 4.10. The van der Waals surface area contributed by atoms with Crippen LogP contribution in [-0.4, -0.2) is 54.5 Å². The third-order valence-corrected chi connectivity index (χ3v) is 5.23. The van der Waals surface area contributed by atoms with Crippen molar-refractivity contribution < 1.29 is 19.0 Å². The molecule has 27 heavy (non-hydrogen) atoms. The van der Waals surface area contributed by atoms with Crippen LogP contribution in [0.2, 0.25) is 0 Å². The molecule has 1 aromatic carbocycles. The Hall–Kier alpha value is -1.99. The van der Waals surface area contributed by atoms with Crippen LogP contribution in [-0.2, 0) is 9.53 Å². The van der Waals surface area contributed by atoms with Crippen molar-refractivity contribution in [3.05, 3.63) is 28.7 Å². The second-order valence-corrected chi connectivity index (χ2v) is 7.55. The molecule has 2 aliphatic heterocycles. The third kappa shape index (κ3) is 4.84. The lowest BCUT2D eigenvalue weighted by molar-refractivity contribution is -0.113. The summed E-state index contributed by atoms with van der Waals surface area (Å²) in [5.41, 5.74) is 0.844. The number of carbonyl (C=O) groups is 1. The summed E-state index contributed by atoms with van der Waals surface area (Å²) in [6.07, 6.45) is 2.09. The van der Waals surface area contributed by atoms with Crippen LogP contribution < -0.4 is 9.47 Å². The second kappa shape index (κ2) is 8.80. The molecule has 0 aliphatic carbocycles. The highest BCUT2D eigenvalue weighted by atomic mass is 32.2. The number of amidine groups is 1. The minimum Gasteiger partial charge on any atom is -0.494 e.